The van der Waals surface area contributed by atoms with Crippen molar-refractivity contribution in [2.75, 3.05) is 13.2 Å². The lowest BCUT2D eigenvalue weighted by molar-refractivity contribution is -0.141. The molecule has 182 valence electrons. The Hall–Kier alpha value is -3.76. The minimum absolute atomic E-state index is 0.0237. The first-order chi connectivity index (χ1) is 16.8. The lowest BCUT2D eigenvalue weighted by Crippen LogP contribution is -2.47. The summed E-state index contributed by atoms with van der Waals surface area (Å²) in [6, 6.07) is 14.8. The maximum atomic E-state index is 12.3. The van der Waals surface area contributed by atoms with Gasteiger partial charge in [0.1, 0.15) is 12.3 Å². The number of carboxylic acids is 1. The third kappa shape index (κ3) is 5.50. The van der Waals surface area contributed by atoms with Crippen LogP contribution >= 0.6 is 11.3 Å². The van der Waals surface area contributed by atoms with Crippen LogP contribution < -0.4 is 10.6 Å². The van der Waals surface area contributed by atoms with Gasteiger partial charge in [-0.25, -0.2) is 14.6 Å². The minimum atomic E-state index is -1.43. The van der Waals surface area contributed by atoms with E-state index in [1.54, 1.807) is 0 Å². The zero-order valence-corrected chi connectivity index (χ0v) is 19.7. The number of hydrogen-bond donors (Lipinski definition) is 4. The highest BCUT2D eigenvalue weighted by molar-refractivity contribution is 7.09. The monoisotopic (exact) mass is 495 g/mol. The number of carboxylic acid groups (broad SMARTS) is 1. The highest BCUT2D eigenvalue weighted by Gasteiger charge is 2.29. The molecule has 0 unspecified atom stereocenters. The Balaban J connectivity index is 1.26. The van der Waals surface area contributed by atoms with Crippen LogP contribution in [0.5, 0.6) is 0 Å². The summed E-state index contributed by atoms with van der Waals surface area (Å²) < 4.78 is 5.50. The number of nitrogens with zero attached hydrogens (tertiary/aromatic N) is 1. The van der Waals surface area contributed by atoms with Gasteiger partial charge in [-0.15, -0.1) is 11.3 Å². The number of fused-ring (bicyclic) bond motifs is 3. The van der Waals surface area contributed by atoms with Crippen molar-refractivity contribution in [1.82, 2.24) is 15.6 Å². The maximum Gasteiger partial charge on any atom is 0.407 e. The summed E-state index contributed by atoms with van der Waals surface area (Å²) in [5.41, 5.74) is 4.64. The van der Waals surface area contributed by atoms with E-state index in [-0.39, 0.29) is 24.8 Å². The fourth-order valence-electron chi connectivity index (χ4n) is 4.05. The Bertz CT molecular complexity index is 1200. The number of aliphatic carboxylic acids is 1. The Morgan fingerprint density at radius 3 is 2.31 bits per heavy atom. The van der Waals surface area contributed by atoms with Crippen LogP contribution in [0.3, 0.4) is 0 Å². The summed E-state index contributed by atoms with van der Waals surface area (Å²) in [5.74, 6) is -2.05. The average molecular weight is 496 g/mol. The van der Waals surface area contributed by atoms with E-state index in [1.165, 1.54) is 23.6 Å². The van der Waals surface area contributed by atoms with Crippen molar-refractivity contribution in [1.29, 1.82) is 0 Å². The number of carbonyl (C=O) groups is 3. The number of aliphatic hydroxyl groups excluding tert-OH is 1. The van der Waals surface area contributed by atoms with Crippen molar-refractivity contribution in [3.63, 3.8) is 0 Å². The molecule has 10 heteroatoms. The fourth-order valence-corrected chi connectivity index (χ4v) is 4.83. The number of aliphatic hydroxyl groups is 1. The smallest absolute Gasteiger partial charge is 0.407 e. The van der Waals surface area contributed by atoms with Gasteiger partial charge < -0.3 is 25.6 Å². The first-order valence-corrected chi connectivity index (χ1v) is 12.0. The lowest BCUT2D eigenvalue weighted by atomic mass is 9.98. The van der Waals surface area contributed by atoms with Gasteiger partial charge in [0.05, 0.1) is 11.1 Å². The van der Waals surface area contributed by atoms with Gasteiger partial charge in [-0.2, -0.15) is 0 Å². The average Bonchev–Trinajstić information content (AvgIpc) is 3.44. The molecule has 0 spiro atoms. The third-order valence-electron chi connectivity index (χ3n) is 5.77. The molecule has 0 radical (unpaired) electrons. The van der Waals surface area contributed by atoms with Gasteiger partial charge >= 0.3 is 12.1 Å². The number of carbonyl (C=O) groups excluding carboxylic acids is 2. The van der Waals surface area contributed by atoms with Crippen LogP contribution in [0.15, 0.2) is 53.9 Å². The molecule has 1 aromatic heterocycles. The van der Waals surface area contributed by atoms with Crippen LogP contribution in [0.25, 0.3) is 11.1 Å². The number of alkyl carbamates (subject to hydrolysis) is 1. The second-order valence-corrected chi connectivity index (χ2v) is 9.10. The van der Waals surface area contributed by atoms with Gasteiger partial charge in [0, 0.05) is 24.3 Å². The van der Waals surface area contributed by atoms with Crippen molar-refractivity contribution >= 4 is 29.3 Å². The molecule has 1 heterocycles. The van der Waals surface area contributed by atoms with Gasteiger partial charge in [0.25, 0.3) is 5.91 Å². The number of hydrogen-bond acceptors (Lipinski definition) is 7. The predicted octanol–water partition coefficient (Wildman–Crippen LogP) is 2.79. The highest BCUT2D eigenvalue weighted by atomic mass is 32.1. The number of ether oxygens (including phenoxy) is 1. The largest absolute Gasteiger partial charge is 0.480 e. The summed E-state index contributed by atoms with van der Waals surface area (Å²) in [4.78, 5) is 39.8. The second-order valence-electron chi connectivity index (χ2n) is 8.16. The first kappa shape index (κ1) is 24.4. The van der Waals surface area contributed by atoms with E-state index in [1.807, 2.05) is 24.3 Å². The number of nitrogens with one attached hydrogen (secondary N) is 2. The van der Waals surface area contributed by atoms with Crippen molar-refractivity contribution in [2.24, 2.45) is 0 Å². The van der Waals surface area contributed by atoms with Crippen LogP contribution in [0.4, 0.5) is 4.79 Å². The number of aromatic nitrogens is 1. The molecule has 2 atom stereocenters. The fraction of sp³-hybridized carbons (Fsp3) is 0.280. The number of rotatable bonds is 9. The molecule has 2 aromatic carbocycles. The molecular formula is C25H25N3O6S. The topological polar surface area (TPSA) is 138 Å². The van der Waals surface area contributed by atoms with E-state index in [2.05, 4.69) is 39.9 Å². The molecule has 35 heavy (non-hydrogen) atoms. The Labute approximate surface area is 205 Å². The van der Waals surface area contributed by atoms with Crippen molar-refractivity contribution in [3.8, 4) is 11.1 Å². The van der Waals surface area contributed by atoms with Crippen LogP contribution in [0.2, 0.25) is 0 Å². The summed E-state index contributed by atoms with van der Waals surface area (Å²) in [5, 5.41) is 25.6. The number of amides is 2. The van der Waals surface area contributed by atoms with E-state index in [9.17, 15) is 19.5 Å². The molecule has 0 saturated heterocycles. The summed E-state index contributed by atoms with van der Waals surface area (Å²) in [6.45, 7) is 1.76. The van der Waals surface area contributed by atoms with Gasteiger partial charge in [-0.1, -0.05) is 48.5 Å². The molecule has 1 aliphatic rings. The molecule has 3 aromatic rings. The highest BCUT2D eigenvalue weighted by Crippen LogP contribution is 2.44. The molecule has 1 aliphatic carbocycles. The van der Waals surface area contributed by atoms with Crippen LogP contribution in [-0.2, 0) is 16.0 Å². The summed E-state index contributed by atoms with van der Waals surface area (Å²) in [6.07, 6.45) is -1.42. The SMILES string of the molecule is C[C@@H](O)[C@H](NC(=O)c1csc(CCNC(=O)OCC2c3ccccc3-c3ccccc32)n1)C(=O)O. The normalized spacial score (nSPS) is 13.9. The van der Waals surface area contributed by atoms with E-state index < -0.39 is 30.1 Å². The summed E-state index contributed by atoms with van der Waals surface area (Å²) >= 11 is 1.22. The Morgan fingerprint density at radius 1 is 1.09 bits per heavy atom. The van der Waals surface area contributed by atoms with Crippen LogP contribution in [0.1, 0.15) is 39.5 Å². The van der Waals surface area contributed by atoms with Crippen molar-refractivity contribution in [2.45, 2.75) is 31.4 Å². The van der Waals surface area contributed by atoms with Gasteiger partial charge in [0.2, 0.25) is 0 Å². The molecular weight excluding hydrogens is 470 g/mol. The quantitative estimate of drug-likeness (QED) is 0.358. The molecule has 4 N–H and O–H groups in total. The molecule has 2 amide bonds. The second kappa shape index (κ2) is 10.7. The predicted molar refractivity (Wildman–Crippen MR) is 129 cm³/mol. The summed E-state index contributed by atoms with van der Waals surface area (Å²) in [7, 11) is 0. The third-order valence-corrected chi connectivity index (χ3v) is 6.68. The molecule has 0 aliphatic heterocycles. The zero-order valence-electron chi connectivity index (χ0n) is 18.9. The van der Waals surface area contributed by atoms with Crippen LogP contribution in [0, 0.1) is 0 Å². The molecule has 4 rings (SSSR count). The molecule has 0 saturated carbocycles. The number of thiazole rings is 1. The molecule has 0 fully saturated rings. The number of benzene rings is 2. The van der Waals surface area contributed by atoms with E-state index in [0.29, 0.717) is 11.4 Å². The first-order valence-electron chi connectivity index (χ1n) is 11.1. The van der Waals surface area contributed by atoms with E-state index in [0.717, 1.165) is 22.3 Å². The minimum Gasteiger partial charge on any atom is -0.480 e. The molecule has 0 bridgehead atoms. The van der Waals surface area contributed by atoms with Crippen molar-refractivity contribution in [3.05, 3.63) is 75.7 Å². The zero-order chi connectivity index (χ0) is 24.9. The Morgan fingerprint density at radius 2 is 1.71 bits per heavy atom. The maximum absolute atomic E-state index is 12.3. The van der Waals surface area contributed by atoms with E-state index >= 15 is 0 Å². The van der Waals surface area contributed by atoms with E-state index in [4.69, 9.17) is 9.84 Å². The Kier molecular flexibility index (Phi) is 7.42. The van der Waals surface area contributed by atoms with Crippen LogP contribution in [-0.4, -0.2) is 58.5 Å². The van der Waals surface area contributed by atoms with Gasteiger partial charge in [0.15, 0.2) is 6.04 Å². The molecule has 9 nitrogen and oxygen atoms in total. The van der Waals surface area contributed by atoms with Crippen molar-refractivity contribution < 1.29 is 29.3 Å². The van der Waals surface area contributed by atoms with Gasteiger partial charge in [-0.3, -0.25) is 4.79 Å². The lowest BCUT2D eigenvalue weighted by Gasteiger charge is -2.16. The standard InChI is InChI=1S/C25H25N3O6S/c1-14(29)22(24(31)32)28-23(30)20-13-35-21(27-20)10-11-26-25(33)34-12-19-17-8-4-2-6-15(17)16-7-3-5-9-18(16)19/h2-9,13-14,19,22,29H,10-12H2,1H3,(H,26,33)(H,28,30)(H,31,32)/t14-,22+/m1/s1. The van der Waals surface area contributed by atoms with Gasteiger partial charge in [-0.05, 0) is 29.2 Å².